The number of nitrogens with one attached hydrogen (secondary N) is 1. The van der Waals surface area contributed by atoms with Crippen molar-refractivity contribution in [2.24, 2.45) is 0 Å². The largest absolute Gasteiger partial charge is 0.493 e. The highest BCUT2D eigenvalue weighted by Crippen LogP contribution is 2.34. The molecular weight excluding hydrogens is 228 g/mol. The third kappa shape index (κ3) is 3.02. The second-order valence-corrected chi connectivity index (χ2v) is 3.51. The molecule has 0 aliphatic rings. The quantitative estimate of drug-likeness (QED) is 0.855. The third-order valence-electron chi connectivity index (χ3n) is 1.96. The molecule has 0 radical (unpaired) electrons. The van der Waals surface area contributed by atoms with Gasteiger partial charge in [-0.2, -0.15) is 5.26 Å². The zero-order valence-electron chi connectivity index (χ0n) is 9.21. The highest BCUT2D eigenvalue weighted by atomic mass is 35.5. The van der Waals surface area contributed by atoms with Crippen LogP contribution in [0.1, 0.15) is 5.56 Å². The lowest BCUT2D eigenvalue weighted by molar-refractivity contribution is 0.325. The monoisotopic (exact) mass is 240 g/mol. The van der Waals surface area contributed by atoms with Crippen LogP contribution >= 0.6 is 11.6 Å². The molecule has 0 aliphatic heterocycles. The Morgan fingerprint density at radius 1 is 1.50 bits per heavy atom. The molecular formula is C11H13ClN2O2. The maximum absolute atomic E-state index is 8.51. The fraction of sp³-hybridized carbons (Fsp3) is 0.364. The molecule has 0 heterocycles. The minimum absolute atomic E-state index is 0.0191. The van der Waals surface area contributed by atoms with Crippen molar-refractivity contribution in [3.63, 3.8) is 0 Å². The summed E-state index contributed by atoms with van der Waals surface area (Å²) < 4.78 is 10.5. The molecule has 0 aliphatic carbocycles. The van der Waals surface area contributed by atoms with E-state index in [1.54, 1.807) is 12.1 Å². The van der Waals surface area contributed by atoms with Crippen molar-refractivity contribution < 1.29 is 9.47 Å². The van der Waals surface area contributed by atoms with E-state index in [2.05, 4.69) is 5.32 Å². The van der Waals surface area contributed by atoms with E-state index in [1.807, 2.05) is 13.1 Å². The molecule has 4 nitrogen and oxygen atoms in total. The van der Waals surface area contributed by atoms with Gasteiger partial charge in [0.25, 0.3) is 0 Å². The first-order chi connectivity index (χ1) is 7.72. The second kappa shape index (κ2) is 6.21. The molecule has 1 N–H and O–H groups in total. The minimum Gasteiger partial charge on any atom is -0.493 e. The van der Waals surface area contributed by atoms with Gasteiger partial charge in [0.2, 0.25) is 0 Å². The van der Waals surface area contributed by atoms with E-state index < -0.39 is 0 Å². The Morgan fingerprint density at radius 2 is 2.25 bits per heavy atom. The van der Waals surface area contributed by atoms with E-state index >= 15 is 0 Å². The molecule has 0 unspecified atom stereocenters. The summed E-state index contributed by atoms with van der Waals surface area (Å²) in [5, 5.41) is 12.1. The van der Waals surface area contributed by atoms with E-state index in [0.717, 1.165) is 5.56 Å². The van der Waals surface area contributed by atoms with Crippen LogP contribution in [-0.2, 0) is 6.54 Å². The average Bonchev–Trinajstić information content (AvgIpc) is 2.27. The number of ether oxygens (including phenoxy) is 2. The van der Waals surface area contributed by atoms with Gasteiger partial charge in [-0.1, -0.05) is 11.6 Å². The number of nitrogens with zero attached hydrogens (tertiary/aromatic N) is 1. The van der Waals surface area contributed by atoms with Gasteiger partial charge in [-0.25, -0.2) is 0 Å². The maximum Gasteiger partial charge on any atom is 0.174 e. The van der Waals surface area contributed by atoms with Crippen LogP contribution < -0.4 is 14.8 Å². The molecule has 0 bridgehead atoms. The Balaban J connectivity index is 3.11. The molecule has 86 valence electrons. The lowest BCUT2D eigenvalue weighted by Crippen LogP contribution is -2.08. The molecule has 0 amide bonds. The Kier molecular flexibility index (Phi) is 4.90. The Hall–Kier alpha value is -1.44. The summed E-state index contributed by atoms with van der Waals surface area (Å²) in [6, 6.07) is 5.37. The molecule has 0 spiro atoms. The average molecular weight is 241 g/mol. The SMILES string of the molecule is CNCc1cc(Cl)cc(OC)c1OCC#N. The standard InChI is InChI=1S/C11H13ClN2O2/c1-14-7-8-5-9(12)6-10(15-2)11(8)16-4-3-13/h5-6,14H,4,7H2,1-2H3. The van der Waals surface area contributed by atoms with Gasteiger partial charge >= 0.3 is 0 Å². The van der Waals surface area contributed by atoms with Crippen LogP contribution in [0.2, 0.25) is 5.02 Å². The van der Waals surface area contributed by atoms with Gasteiger partial charge in [-0.3, -0.25) is 0 Å². The topological polar surface area (TPSA) is 54.3 Å². The number of nitriles is 1. The summed E-state index contributed by atoms with van der Waals surface area (Å²) in [5.41, 5.74) is 0.863. The minimum atomic E-state index is -0.0191. The lowest BCUT2D eigenvalue weighted by atomic mass is 10.2. The number of rotatable bonds is 5. The first-order valence-electron chi connectivity index (χ1n) is 4.73. The van der Waals surface area contributed by atoms with E-state index in [-0.39, 0.29) is 6.61 Å². The number of hydrogen-bond acceptors (Lipinski definition) is 4. The summed E-state index contributed by atoms with van der Waals surface area (Å²) in [6.45, 7) is 0.576. The fourth-order valence-corrected chi connectivity index (χ4v) is 1.60. The van der Waals surface area contributed by atoms with Crippen molar-refractivity contribution in [2.45, 2.75) is 6.54 Å². The molecule has 16 heavy (non-hydrogen) atoms. The van der Waals surface area contributed by atoms with E-state index in [4.69, 9.17) is 26.3 Å². The number of halogens is 1. The van der Waals surface area contributed by atoms with Crippen molar-refractivity contribution in [1.82, 2.24) is 5.32 Å². The lowest BCUT2D eigenvalue weighted by Gasteiger charge is -2.13. The molecule has 1 rings (SSSR count). The smallest absolute Gasteiger partial charge is 0.174 e. The summed E-state index contributed by atoms with van der Waals surface area (Å²) in [5.74, 6) is 1.09. The van der Waals surface area contributed by atoms with Gasteiger partial charge in [-0.15, -0.1) is 0 Å². The van der Waals surface area contributed by atoms with Gasteiger partial charge in [0.1, 0.15) is 6.07 Å². The van der Waals surface area contributed by atoms with E-state index in [9.17, 15) is 0 Å². The summed E-state index contributed by atoms with van der Waals surface area (Å²) in [7, 11) is 3.36. The van der Waals surface area contributed by atoms with Crippen LogP contribution in [0.5, 0.6) is 11.5 Å². The van der Waals surface area contributed by atoms with Crippen LogP contribution in [0.4, 0.5) is 0 Å². The molecule has 0 saturated carbocycles. The highest BCUT2D eigenvalue weighted by Gasteiger charge is 2.12. The van der Waals surface area contributed by atoms with Crippen LogP contribution in [0, 0.1) is 11.3 Å². The first kappa shape index (κ1) is 12.6. The van der Waals surface area contributed by atoms with Gasteiger partial charge in [-0.05, 0) is 13.1 Å². The summed E-state index contributed by atoms with van der Waals surface area (Å²) >= 11 is 5.94. The Labute approximate surface area is 99.7 Å². The van der Waals surface area contributed by atoms with Gasteiger partial charge in [0.15, 0.2) is 18.1 Å². The fourth-order valence-electron chi connectivity index (χ4n) is 1.36. The molecule has 5 heteroatoms. The van der Waals surface area contributed by atoms with E-state index in [0.29, 0.717) is 23.1 Å². The van der Waals surface area contributed by atoms with Gasteiger partial charge in [0.05, 0.1) is 7.11 Å². The van der Waals surface area contributed by atoms with Crippen molar-refractivity contribution >= 4 is 11.6 Å². The molecule has 1 aromatic rings. The van der Waals surface area contributed by atoms with Gasteiger partial charge < -0.3 is 14.8 Å². The summed E-state index contributed by atoms with van der Waals surface area (Å²) in [4.78, 5) is 0. The number of benzene rings is 1. The zero-order chi connectivity index (χ0) is 12.0. The molecule has 0 atom stereocenters. The Morgan fingerprint density at radius 3 is 2.81 bits per heavy atom. The van der Waals surface area contributed by atoms with Crippen LogP contribution in [-0.4, -0.2) is 20.8 Å². The maximum atomic E-state index is 8.51. The number of hydrogen-bond donors (Lipinski definition) is 1. The second-order valence-electron chi connectivity index (χ2n) is 3.07. The molecule has 0 fully saturated rings. The molecule has 0 aromatic heterocycles. The van der Waals surface area contributed by atoms with Crippen molar-refractivity contribution in [3.8, 4) is 17.6 Å². The number of methoxy groups -OCH3 is 1. The first-order valence-corrected chi connectivity index (χ1v) is 5.11. The van der Waals surface area contributed by atoms with Crippen LogP contribution in [0.15, 0.2) is 12.1 Å². The van der Waals surface area contributed by atoms with E-state index in [1.165, 1.54) is 7.11 Å². The Bertz CT molecular complexity index is 402. The predicted octanol–water partition coefficient (Wildman–Crippen LogP) is 1.97. The molecule has 1 aromatic carbocycles. The highest BCUT2D eigenvalue weighted by molar-refractivity contribution is 6.30. The summed E-state index contributed by atoms with van der Waals surface area (Å²) in [6.07, 6.45) is 0. The normalized spacial score (nSPS) is 9.62. The van der Waals surface area contributed by atoms with Crippen LogP contribution in [0.25, 0.3) is 0 Å². The van der Waals surface area contributed by atoms with Crippen LogP contribution in [0.3, 0.4) is 0 Å². The van der Waals surface area contributed by atoms with Gasteiger partial charge in [0, 0.05) is 23.2 Å². The zero-order valence-corrected chi connectivity index (χ0v) is 9.97. The van der Waals surface area contributed by atoms with Crippen molar-refractivity contribution in [1.29, 1.82) is 5.26 Å². The molecule has 0 saturated heterocycles. The van der Waals surface area contributed by atoms with Crippen molar-refractivity contribution in [2.75, 3.05) is 20.8 Å². The predicted molar refractivity (Wildman–Crippen MR) is 61.9 cm³/mol. The van der Waals surface area contributed by atoms with Crippen molar-refractivity contribution in [3.05, 3.63) is 22.7 Å². The third-order valence-corrected chi connectivity index (χ3v) is 2.18.